The smallest absolute Gasteiger partial charge is 0.309 e. The van der Waals surface area contributed by atoms with Gasteiger partial charge in [0, 0.05) is 13.1 Å². The third-order valence-electron chi connectivity index (χ3n) is 5.23. The van der Waals surface area contributed by atoms with Crippen molar-refractivity contribution in [2.45, 2.75) is 31.6 Å². The summed E-state index contributed by atoms with van der Waals surface area (Å²) in [5.74, 6) is -1.34. The van der Waals surface area contributed by atoms with E-state index in [1.54, 1.807) is 30.0 Å². The van der Waals surface area contributed by atoms with Gasteiger partial charge in [0.05, 0.1) is 28.7 Å². The van der Waals surface area contributed by atoms with Gasteiger partial charge in [0.15, 0.2) is 0 Å². The van der Waals surface area contributed by atoms with Crippen LogP contribution in [0.5, 0.6) is 0 Å². The summed E-state index contributed by atoms with van der Waals surface area (Å²) >= 11 is 0. The highest BCUT2D eigenvalue weighted by molar-refractivity contribution is 7.92. The van der Waals surface area contributed by atoms with Crippen molar-refractivity contribution in [3.8, 4) is 0 Å². The Hall–Kier alpha value is -2.94. The van der Waals surface area contributed by atoms with Crippen molar-refractivity contribution < 1.29 is 27.1 Å². The Labute approximate surface area is 181 Å². The molecule has 31 heavy (non-hydrogen) atoms. The first-order valence-corrected chi connectivity index (χ1v) is 11.5. The number of esters is 1. The number of aryl methyl sites for hydroxylation is 1. The van der Waals surface area contributed by atoms with Crippen LogP contribution in [0.4, 0.5) is 10.1 Å². The average molecular weight is 449 g/mol. The molecule has 0 bridgehead atoms. The van der Waals surface area contributed by atoms with Crippen LogP contribution in [0.25, 0.3) is 0 Å². The first-order valence-electron chi connectivity index (χ1n) is 10.1. The molecule has 0 radical (unpaired) electrons. The molecule has 2 aromatic carbocycles. The minimum absolute atomic E-state index is 0.0635. The van der Waals surface area contributed by atoms with Gasteiger partial charge >= 0.3 is 5.97 Å². The Kier molecular flexibility index (Phi) is 6.94. The molecule has 1 aliphatic rings. The van der Waals surface area contributed by atoms with Crippen LogP contribution in [0.3, 0.4) is 0 Å². The lowest BCUT2D eigenvalue weighted by Crippen LogP contribution is -2.41. The van der Waals surface area contributed by atoms with Crippen LogP contribution in [-0.2, 0) is 19.6 Å². The number of sulfonamides is 1. The number of hydrogen-bond donors (Lipinski definition) is 1. The molecule has 7 nitrogen and oxygen atoms in total. The number of hydrogen-bond acceptors (Lipinski definition) is 5. The molecule has 0 unspecified atom stereocenters. The van der Waals surface area contributed by atoms with E-state index in [1.165, 1.54) is 19.1 Å². The molecule has 1 fully saturated rings. The molecule has 1 N–H and O–H groups in total. The molecule has 2 aromatic rings. The molecule has 9 heteroatoms. The molecule has 1 amide bonds. The third-order valence-corrected chi connectivity index (χ3v) is 6.76. The van der Waals surface area contributed by atoms with Gasteiger partial charge in [0.2, 0.25) is 0 Å². The fourth-order valence-electron chi connectivity index (χ4n) is 3.62. The number of nitrogens with zero attached hydrogens (tertiary/aromatic N) is 1. The largest absolute Gasteiger partial charge is 0.466 e. The summed E-state index contributed by atoms with van der Waals surface area (Å²) < 4.78 is 46.6. The highest BCUT2D eigenvalue weighted by Crippen LogP contribution is 2.26. The molecule has 1 saturated heterocycles. The van der Waals surface area contributed by atoms with Crippen molar-refractivity contribution in [2.24, 2.45) is 5.92 Å². The highest BCUT2D eigenvalue weighted by atomic mass is 32.2. The van der Waals surface area contributed by atoms with E-state index in [2.05, 4.69) is 4.72 Å². The predicted molar refractivity (Wildman–Crippen MR) is 114 cm³/mol. The highest BCUT2D eigenvalue weighted by Gasteiger charge is 2.30. The van der Waals surface area contributed by atoms with Crippen molar-refractivity contribution in [3.63, 3.8) is 0 Å². The van der Waals surface area contributed by atoms with E-state index in [0.717, 1.165) is 12.1 Å². The van der Waals surface area contributed by atoms with Crippen LogP contribution in [0.2, 0.25) is 0 Å². The van der Waals surface area contributed by atoms with Gasteiger partial charge < -0.3 is 9.64 Å². The molecule has 0 atom stereocenters. The van der Waals surface area contributed by atoms with Crippen LogP contribution >= 0.6 is 0 Å². The number of piperidine rings is 1. The number of benzene rings is 2. The first-order chi connectivity index (χ1) is 14.7. The second-order valence-corrected chi connectivity index (χ2v) is 9.03. The summed E-state index contributed by atoms with van der Waals surface area (Å²) in [5, 5.41) is 0. The second-order valence-electron chi connectivity index (χ2n) is 7.38. The monoisotopic (exact) mass is 448 g/mol. The topological polar surface area (TPSA) is 92.8 Å². The van der Waals surface area contributed by atoms with Crippen molar-refractivity contribution in [1.29, 1.82) is 0 Å². The summed E-state index contributed by atoms with van der Waals surface area (Å²) in [6.45, 7) is 4.32. The Bertz CT molecular complexity index is 1080. The lowest BCUT2D eigenvalue weighted by molar-refractivity contribution is -0.149. The molecule has 1 heterocycles. The van der Waals surface area contributed by atoms with Crippen molar-refractivity contribution in [1.82, 2.24) is 4.90 Å². The van der Waals surface area contributed by atoms with Gasteiger partial charge in [-0.05, 0) is 62.6 Å². The van der Waals surface area contributed by atoms with Gasteiger partial charge in [-0.25, -0.2) is 12.8 Å². The Morgan fingerprint density at radius 2 is 1.84 bits per heavy atom. The molecule has 166 valence electrons. The Morgan fingerprint density at radius 3 is 2.48 bits per heavy atom. The normalized spacial score (nSPS) is 14.9. The van der Waals surface area contributed by atoms with E-state index in [0.29, 0.717) is 32.5 Å². The quantitative estimate of drug-likeness (QED) is 0.684. The van der Waals surface area contributed by atoms with Gasteiger partial charge in [0.1, 0.15) is 5.82 Å². The lowest BCUT2D eigenvalue weighted by atomic mass is 9.96. The maximum absolute atomic E-state index is 13.4. The van der Waals surface area contributed by atoms with Crippen LogP contribution in [0.15, 0.2) is 47.4 Å². The number of amides is 1. The summed E-state index contributed by atoms with van der Waals surface area (Å²) in [7, 11) is -4.02. The summed E-state index contributed by atoms with van der Waals surface area (Å²) in [6, 6.07) is 9.74. The molecular weight excluding hydrogens is 423 g/mol. The minimum Gasteiger partial charge on any atom is -0.466 e. The zero-order chi connectivity index (χ0) is 22.6. The van der Waals surface area contributed by atoms with Gasteiger partial charge in [-0.1, -0.05) is 12.1 Å². The van der Waals surface area contributed by atoms with Gasteiger partial charge in [-0.2, -0.15) is 0 Å². The Balaban J connectivity index is 1.78. The Morgan fingerprint density at radius 1 is 1.16 bits per heavy atom. The van der Waals surface area contributed by atoms with E-state index < -0.39 is 15.8 Å². The van der Waals surface area contributed by atoms with Crippen molar-refractivity contribution in [3.05, 3.63) is 59.4 Å². The number of nitrogens with one attached hydrogen (secondary N) is 1. The third kappa shape index (κ3) is 5.22. The van der Waals surface area contributed by atoms with Crippen molar-refractivity contribution in [2.75, 3.05) is 24.4 Å². The SMILES string of the molecule is CCOC(=O)C1CCN(C(=O)c2ccccc2NS(=O)(=O)c2ccc(F)cc2C)CC1. The summed E-state index contributed by atoms with van der Waals surface area (Å²) in [6.07, 6.45) is 0.987. The van der Waals surface area contributed by atoms with E-state index in [4.69, 9.17) is 4.74 Å². The minimum atomic E-state index is -4.02. The molecule has 0 saturated carbocycles. The van der Waals surface area contributed by atoms with Crippen LogP contribution in [-0.4, -0.2) is 44.9 Å². The first kappa shape index (κ1) is 22.7. The summed E-state index contributed by atoms with van der Waals surface area (Å²) in [5.41, 5.74) is 0.613. The molecular formula is C22H25FN2O5S. The van der Waals surface area contributed by atoms with E-state index in [-0.39, 0.29) is 39.5 Å². The average Bonchev–Trinajstić information content (AvgIpc) is 2.73. The molecule has 0 spiro atoms. The van der Waals surface area contributed by atoms with Crippen molar-refractivity contribution >= 4 is 27.6 Å². The molecule has 0 aromatic heterocycles. The standard InChI is InChI=1S/C22H25FN2O5S/c1-3-30-22(27)16-10-12-25(13-11-16)21(26)18-6-4-5-7-19(18)24-31(28,29)20-9-8-17(23)14-15(20)2/h4-9,14,16,24H,3,10-13H2,1-2H3. The second kappa shape index (κ2) is 9.47. The van der Waals surface area contributed by atoms with Crippen LogP contribution in [0, 0.1) is 18.7 Å². The number of anilines is 1. The fourth-order valence-corrected chi connectivity index (χ4v) is 4.93. The van der Waals surface area contributed by atoms with E-state index >= 15 is 0 Å². The maximum atomic E-state index is 13.4. The molecule has 1 aliphatic heterocycles. The van der Waals surface area contributed by atoms with Crippen LogP contribution in [0.1, 0.15) is 35.7 Å². The van der Waals surface area contributed by atoms with Gasteiger partial charge in [-0.3, -0.25) is 14.3 Å². The number of rotatable bonds is 6. The lowest BCUT2D eigenvalue weighted by Gasteiger charge is -2.31. The zero-order valence-electron chi connectivity index (χ0n) is 17.4. The number of carbonyl (C=O) groups excluding carboxylic acids is 2. The number of halogens is 1. The van der Waals surface area contributed by atoms with Crippen LogP contribution < -0.4 is 4.72 Å². The predicted octanol–water partition coefficient (Wildman–Crippen LogP) is 3.35. The number of carbonyl (C=O) groups is 2. The van der Waals surface area contributed by atoms with E-state index in [1.807, 2.05) is 0 Å². The molecule has 0 aliphatic carbocycles. The number of para-hydroxylation sites is 1. The molecule has 3 rings (SSSR count). The number of likely N-dealkylation sites (tertiary alicyclic amines) is 1. The van der Waals surface area contributed by atoms with Gasteiger partial charge in [-0.15, -0.1) is 0 Å². The number of ether oxygens (including phenoxy) is 1. The maximum Gasteiger partial charge on any atom is 0.309 e. The zero-order valence-corrected chi connectivity index (χ0v) is 18.2. The fraction of sp³-hybridized carbons (Fsp3) is 0.364. The van der Waals surface area contributed by atoms with E-state index in [9.17, 15) is 22.4 Å². The summed E-state index contributed by atoms with van der Waals surface area (Å²) in [4.78, 5) is 26.5. The van der Waals surface area contributed by atoms with Gasteiger partial charge in [0.25, 0.3) is 15.9 Å².